The lowest BCUT2D eigenvalue weighted by atomic mass is 10.0. The third-order valence-corrected chi connectivity index (χ3v) is 8.74. The number of rotatable bonds is 16. The standard InChI is InChI=1S/C41H47N5O4/c1-5-50-38-12-7-6-11-36(38)27-44-41(49)35-17-15-32(16-18-35)26-43-40(48)25-34-10-8-9-33(24-34)23-31(4)45(21-22-47)37-19-20-39(42-28-37)46-29(2)13-14-30(46)3/h6-20,24,28,31,47H,5,21-23,25-27H2,1-4H3,(H,43,48)(H,44,49)/t31-/m1/s1. The molecule has 0 radical (unpaired) electrons. The van der Waals surface area contributed by atoms with Gasteiger partial charge in [0.05, 0.1) is 31.5 Å². The number of aromatic nitrogens is 2. The fourth-order valence-electron chi connectivity index (χ4n) is 6.19. The lowest BCUT2D eigenvalue weighted by molar-refractivity contribution is -0.120. The first-order valence-electron chi connectivity index (χ1n) is 17.2. The topological polar surface area (TPSA) is 109 Å². The Labute approximate surface area is 294 Å². The lowest BCUT2D eigenvalue weighted by Gasteiger charge is -2.31. The van der Waals surface area contributed by atoms with Gasteiger partial charge in [0.1, 0.15) is 11.6 Å². The minimum atomic E-state index is -0.173. The van der Waals surface area contributed by atoms with Gasteiger partial charge in [0.15, 0.2) is 0 Å². The number of hydrogen-bond donors (Lipinski definition) is 3. The molecule has 0 unspecified atom stereocenters. The van der Waals surface area contributed by atoms with E-state index in [0.717, 1.165) is 57.3 Å². The van der Waals surface area contributed by atoms with Gasteiger partial charge in [-0.2, -0.15) is 0 Å². The summed E-state index contributed by atoms with van der Waals surface area (Å²) in [7, 11) is 0. The maximum atomic E-state index is 12.9. The number of nitrogens with zero attached hydrogens (tertiary/aromatic N) is 3. The molecule has 2 heterocycles. The molecule has 0 spiro atoms. The Bertz CT molecular complexity index is 1850. The highest BCUT2D eigenvalue weighted by Crippen LogP contribution is 2.22. The molecule has 9 heteroatoms. The molecule has 260 valence electrons. The Morgan fingerprint density at radius 1 is 0.860 bits per heavy atom. The smallest absolute Gasteiger partial charge is 0.251 e. The predicted octanol–water partition coefficient (Wildman–Crippen LogP) is 6.11. The van der Waals surface area contributed by atoms with Gasteiger partial charge in [0, 0.05) is 48.2 Å². The van der Waals surface area contributed by atoms with E-state index in [4.69, 9.17) is 9.72 Å². The second kappa shape index (κ2) is 17.3. The van der Waals surface area contributed by atoms with Crippen molar-refractivity contribution in [2.24, 2.45) is 0 Å². The maximum absolute atomic E-state index is 12.9. The molecule has 5 rings (SSSR count). The zero-order valence-corrected chi connectivity index (χ0v) is 29.4. The zero-order chi connectivity index (χ0) is 35.5. The van der Waals surface area contributed by atoms with Crippen LogP contribution in [0.3, 0.4) is 0 Å². The van der Waals surface area contributed by atoms with E-state index in [1.54, 1.807) is 12.1 Å². The van der Waals surface area contributed by atoms with Crippen LogP contribution < -0.4 is 20.3 Å². The molecule has 0 saturated carbocycles. The Kier molecular flexibility index (Phi) is 12.4. The van der Waals surface area contributed by atoms with Gasteiger partial charge in [-0.25, -0.2) is 4.98 Å². The van der Waals surface area contributed by atoms with Crippen molar-refractivity contribution in [3.05, 3.63) is 142 Å². The molecule has 2 amide bonds. The summed E-state index contributed by atoms with van der Waals surface area (Å²) in [6.45, 7) is 10.0. The Hall–Kier alpha value is -5.41. The molecule has 9 nitrogen and oxygen atoms in total. The minimum Gasteiger partial charge on any atom is -0.494 e. The minimum absolute atomic E-state index is 0.0298. The van der Waals surface area contributed by atoms with Crippen LogP contribution in [0.25, 0.3) is 5.82 Å². The number of anilines is 1. The average molecular weight is 674 g/mol. The van der Waals surface area contributed by atoms with Crippen molar-refractivity contribution in [3.63, 3.8) is 0 Å². The average Bonchev–Trinajstić information content (AvgIpc) is 3.46. The molecule has 3 aromatic carbocycles. The van der Waals surface area contributed by atoms with Gasteiger partial charge >= 0.3 is 0 Å². The third-order valence-electron chi connectivity index (χ3n) is 8.74. The molecule has 0 aliphatic carbocycles. The van der Waals surface area contributed by atoms with Gasteiger partial charge < -0.3 is 29.9 Å². The summed E-state index contributed by atoms with van der Waals surface area (Å²) in [4.78, 5) is 32.5. The van der Waals surface area contributed by atoms with Gasteiger partial charge in [-0.05, 0) is 93.3 Å². The van der Waals surface area contributed by atoms with E-state index in [0.29, 0.717) is 31.8 Å². The van der Waals surface area contributed by atoms with Gasteiger partial charge in [0.2, 0.25) is 5.91 Å². The summed E-state index contributed by atoms with van der Waals surface area (Å²) in [6.07, 6.45) is 2.87. The second-order valence-electron chi connectivity index (χ2n) is 12.5. The van der Waals surface area contributed by atoms with Crippen molar-refractivity contribution in [1.82, 2.24) is 20.2 Å². The number of carbonyl (C=O) groups excluding carboxylic acids is 2. The van der Waals surface area contributed by atoms with Crippen LogP contribution in [0.4, 0.5) is 5.69 Å². The third kappa shape index (κ3) is 9.39. The molecule has 0 bridgehead atoms. The predicted molar refractivity (Wildman–Crippen MR) is 198 cm³/mol. The number of aryl methyl sites for hydroxylation is 2. The number of hydrogen-bond acceptors (Lipinski definition) is 6. The lowest BCUT2D eigenvalue weighted by Crippen LogP contribution is -2.37. The summed E-state index contributed by atoms with van der Waals surface area (Å²) < 4.78 is 7.77. The van der Waals surface area contributed by atoms with Crippen molar-refractivity contribution in [2.45, 2.75) is 59.7 Å². The molecule has 3 N–H and O–H groups in total. The first kappa shape index (κ1) is 35.9. The van der Waals surface area contributed by atoms with E-state index in [1.165, 1.54) is 0 Å². The molecule has 0 aliphatic heterocycles. The molecule has 0 aliphatic rings. The zero-order valence-electron chi connectivity index (χ0n) is 29.4. The van der Waals surface area contributed by atoms with E-state index in [9.17, 15) is 14.7 Å². The SMILES string of the molecule is CCOc1ccccc1CNC(=O)c1ccc(CNC(=O)Cc2cccc(C[C@@H](C)N(CCO)c3ccc(-n4c(C)ccc4C)nc3)c2)cc1. The molecular weight excluding hydrogens is 626 g/mol. The first-order valence-corrected chi connectivity index (χ1v) is 17.2. The van der Waals surface area contributed by atoms with Crippen molar-refractivity contribution in [3.8, 4) is 11.6 Å². The highest BCUT2D eigenvalue weighted by atomic mass is 16.5. The fraction of sp³-hybridized carbons (Fsp3) is 0.293. The van der Waals surface area contributed by atoms with Crippen LogP contribution in [0.2, 0.25) is 0 Å². The number of benzene rings is 3. The highest BCUT2D eigenvalue weighted by Gasteiger charge is 2.17. The van der Waals surface area contributed by atoms with Gasteiger partial charge in [-0.15, -0.1) is 0 Å². The highest BCUT2D eigenvalue weighted by molar-refractivity contribution is 5.94. The fourth-order valence-corrected chi connectivity index (χ4v) is 6.19. The van der Waals surface area contributed by atoms with E-state index in [2.05, 4.69) is 71.2 Å². The van der Waals surface area contributed by atoms with Crippen molar-refractivity contribution >= 4 is 17.5 Å². The molecule has 0 saturated heterocycles. The van der Waals surface area contributed by atoms with Crippen LogP contribution in [-0.4, -0.2) is 52.3 Å². The van der Waals surface area contributed by atoms with Gasteiger partial charge in [-0.3, -0.25) is 9.59 Å². The Morgan fingerprint density at radius 2 is 1.60 bits per heavy atom. The van der Waals surface area contributed by atoms with Crippen LogP contribution in [0.5, 0.6) is 5.75 Å². The molecule has 5 aromatic rings. The number of amides is 2. The van der Waals surface area contributed by atoms with E-state index in [1.807, 2.05) is 67.7 Å². The van der Waals surface area contributed by atoms with E-state index < -0.39 is 0 Å². The van der Waals surface area contributed by atoms with E-state index in [-0.39, 0.29) is 30.9 Å². The molecular formula is C41H47N5O4. The van der Waals surface area contributed by atoms with Gasteiger partial charge in [-0.1, -0.05) is 54.6 Å². The van der Waals surface area contributed by atoms with Crippen molar-refractivity contribution in [1.29, 1.82) is 0 Å². The van der Waals surface area contributed by atoms with Crippen molar-refractivity contribution < 1.29 is 19.4 Å². The summed E-state index contributed by atoms with van der Waals surface area (Å²) in [5, 5.41) is 15.8. The molecule has 1 atom stereocenters. The van der Waals surface area contributed by atoms with Crippen LogP contribution in [0.1, 0.15) is 57.8 Å². The molecule has 0 fully saturated rings. The van der Waals surface area contributed by atoms with E-state index >= 15 is 0 Å². The number of ether oxygens (including phenoxy) is 1. The molecule has 2 aromatic heterocycles. The summed E-state index contributed by atoms with van der Waals surface area (Å²) in [6, 6.07) is 31.3. The Morgan fingerprint density at radius 3 is 2.30 bits per heavy atom. The number of aliphatic hydroxyl groups excluding tert-OH is 1. The summed E-state index contributed by atoms with van der Waals surface area (Å²) in [5.74, 6) is 1.38. The van der Waals surface area contributed by atoms with Gasteiger partial charge in [0.25, 0.3) is 5.91 Å². The summed E-state index contributed by atoms with van der Waals surface area (Å²) >= 11 is 0. The number of nitrogens with one attached hydrogen (secondary N) is 2. The maximum Gasteiger partial charge on any atom is 0.251 e. The quantitative estimate of drug-likeness (QED) is 0.117. The van der Waals surface area contributed by atoms with Crippen LogP contribution in [0.15, 0.2) is 103 Å². The number of aliphatic hydroxyl groups is 1. The molecule has 50 heavy (non-hydrogen) atoms. The monoisotopic (exact) mass is 673 g/mol. The normalized spacial score (nSPS) is 11.5. The number of carbonyl (C=O) groups is 2. The first-order chi connectivity index (χ1) is 24.2. The second-order valence-corrected chi connectivity index (χ2v) is 12.5. The van der Waals surface area contributed by atoms with Crippen molar-refractivity contribution in [2.75, 3.05) is 24.7 Å². The number of pyridine rings is 1. The van der Waals surface area contributed by atoms with Crippen LogP contribution in [0, 0.1) is 13.8 Å². The van der Waals surface area contributed by atoms with Crippen LogP contribution >= 0.6 is 0 Å². The Balaban J connectivity index is 1.12. The largest absolute Gasteiger partial charge is 0.494 e. The number of para-hydroxylation sites is 1. The van der Waals surface area contributed by atoms with Crippen LogP contribution in [-0.2, 0) is 30.7 Å². The summed E-state index contributed by atoms with van der Waals surface area (Å²) in [5.41, 5.74) is 7.63.